The first kappa shape index (κ1) is 36.8. The Morgan fingerprint density at radius 1 is 0.286 bits per heavy atom. The largest absolute Gasteiger partial charge is 0.309 e. The maximum absolute atomic E-state index is 3.00. The zero-order valence-electron chi connectivity index (χ0n) is 34.6. The highest BCUT2D eigenvalue weighted by molar-refractivity contribution is 7.20. The molecule has 0 N–H and O–H groups in total. The zero-order chi connectivity index (χ0) is 41.7. The minimum absolute atomic E-state index is 1.14. The van der Waals surface area contributed by atoms with Gasteiger partial charge in [-0.2, -0.15) is 0 Å². The van der Waals surface area contributed by atoms with Crippen LogP contribution in [0, 0.1) is 0 Å². The highest BCUT2D eigenvalue weighted by atomic mass is 28.3. The average Bonchev–Trinajstić information content (AvgIpc) is 3.89. The molecule has 0 unspecified atom stereocenters. The Morgan fingerprint density at radius 2 is 0.778 bits per heavy atom. The molecule has 2 nitrogen and oxygen atoms in total. The van der Waals surface area contributed by atoms with Crippen molar-refractivity contribution >= 4 is 72.4 Å². The summed E-state index contributed by atoms with van der Waals surface area (Å²) in [4.78, 5) is 0. The number of fused-ring (bicyclic) bond motifs is 6. The molecule has 0 aliphatic carbocycles. The molecule has 2 aromatic heterocycles. The molecule has 0 fully saturated rings. The van der Waals surface area contributed by atoms with Crippen LogP contribution in [0.25, 0.3) is 77.2 Å². The van der Waals surface area contributed by atoms with Crippen molar-refractivity contribution in [3.05, 3.63) is 255 Å². The van der Waals surface area contributed by atoms with Gasteiger partial charge in [-0.25, -0.2) is 0 Å². The van der Waals surface area contributed by atoms with Crippen LogP contribution in [0.4, 0.5) is 0 Å². The fourth-order valence-electron chi connectivity index (χ4n) is 10.4. The van der Waals surface area contributed by atoms with Crippen molar-refractivity contribution in [2.45, 2.75) is 0 Å². The van der Waals surface area contributed by atoms with Crippen LogP contribution in [0.2, 0.25) is 0 Å². The Morgan fingerprint density at radius 3 is 1.41 bits per heavy atom. The van der Waals surface area contributed by atoms with E-state index in [2.05, 4.69) is 264 Å². The van der Waals surface area contributed by atoms with Crippen LogP contribution in [0.3, 0.4) is 0 Å². The van der Waals surface area contributed by atoms with Gasteiger partial charge in [0.1, 0.15) is 0 Å². The molecule has 0 aliphatic heterocycles. The molecule has 296 valence electrons. The van der Waals surface area contributed by atoms with Gasteiger partial charge in [-0.05, 0) is 79.4 Å². The Balaban J connectivity index is 1.25. The number of para-hydroxylation sites is 2. The van der Waals surface area contributed by atoms with Crippen LogP contribution in [0.1, 0.15) is 0 Å². The predicted octanol–water partition coefficient (Wildman–Crippen LogP) is 12.6. The molecule has 0 aliphatic rings. The van der Waals surface area contributed by atoms with E-state index in [0.29, 0.717) is 0 Å². The quantitative estimate of drug-likeness (QED) is 0.107. The van der Waals surface area contributed by atoms with Crippen LogP contribution < -0.4 is 20.7 Å². The summed E-state index contributed by atoms with van der Waals surface area (Å²) in [5.74, 6) is 0. The number of benzene rings is 10. The third-order valence-corrected chi connectivity index (χ3v) is 17.9. The van der Waals surface area contributed by atoms with Crippen molar-refractivity contribution in [3.8, 4) is 33.6 Å². The standard InChI is InChI=1S/C60H42N2Si/c1-6-21-43(22-7-1)45-25-18-26-47(41-45)61-54-35-17-16-33-53(54)59-55(61)36-20-37-56(59)62-57-42-46(44-23-8-2-9-24-44)39-40-51(57)52-34-19-38-58(60(52)62)63(48-27-10-3-11-28-48,49-29-12-4-13-30-49)50-31-14-5-15-32-50/h1-42H. The Bertz CT molecular complexity index is 3500. The second-order valence-electron chi connectivity index (χ2n) is 16.4. The summed E-state index contributed by atoms with van der Waals surface area (Å²) in [7, 11) is -3.00. The first-order valence-corrected chi connectivity index (χ1v) is 23.8. The Kier molecular flexibility index (Phi) is 8.87. The third kappa shape index (κ3) is 5.85. The summed E-state index contributed by atoms with van der Waals surface area (Å²) in [5, 5.41) is 10.3. The smallest absolute Gasteiger partial charge is 0.181 e. The van der Waals surface area contributed by atoms with Crippen LogP contribution >= 0.6 is 0 Å². The molecule has 0 atom stereocenters. The molecule has 12 rings (SSSR count). The van der Waals surface area contributed by atoms with Gasteiger partial charge in [0.15, 0.2) is 8.07 Å². The van der Waals surface area contributed by atoms with E-state index in [-0.39, 0.29) is 0 Å². The van der Waals surface area contributed by atoms with Crippen molar-refractivity contribution in [1.29, 1.82) is 0 Å². The number of rotatable bonds is 8. The summed E-state index contributed by atoms with van der Waals surface area (Å²) in [6.07, 6.45) is 0. The molecule has 10 aromatic carbocycles. The number of hydrogen-bond acceptors (Lipinski definition) is 0. The lowest BCUT2D eigenvalue weighted by Crippen LogP contribution is -2.75. The first-order chi connectivity index (χ1) is 31.3. The normalized spacial score (nSPS) is 11.8. The minimum Gasteiger partial charge on any atom is -0.309 e. The molecule has 3 heteroatoms. The molecule has 0 saturated carbocycles. The minimum atomic E-state index is -3.00. The highest BCUT2D eigenvalue weighted by Crippen LogP contribution is 2.41. The molecule has 63 heavy (non-hydrogen) atoms. The van der Waals surface area contributed by atoms with E-state index in [1.54, 1.807) is 0 Å². The molecule has 0 radical (unpaired) electrons. The zero-order valence-corrected chi connectivity index (χ0v) is 35.6. The molecule has 0 amide bonds. The highest BCUT2D eigenvalue weighted by Gasteiger charge is 2.43. The second kappa shape index (κ2) is 15.2. The van der Waals surface area contributed by atoms with Gasteiger partial charge in [-0.1, -0.05) is 218 Å². The third-order valence-electron chi connectivity index (χ3n) is 13.0. The molecule has 2 heterocycles. The van der Waals surface area contributed by atoms with E-state index >= 15 is 0 Å². The summed E-state index contributed by atoms with van der Waals surface area (Å²) >= 11 is 0. The molecule has 0 saturated heterocycles. The molecule has 12 aromatic rings. The van der Waals surface area contributed by atoms with Crippen molar-refractivity contribution in [3.63, 3.8) is 0 Å². The maximum atomic E-state index is 2.63. The average molecular weight is 819 g/mol. The van der Waals surface area contributed by atoms with Gasteiger partial charge in [0.25, 0.3) is 0 Å². The van der Waals surface area contributed by atoms with Crippen LogP contribution in [-0.4, -0.2) is 17.2 Å². The lowest BCUT2D eigenvalue weighted by atomic mass is 10.0. The van der Waals surface area contributed by atoms with E-state index in [9.17, 15) is 0 Å². The topological polar surface area (TPSA) is 9.86 Å². The predicted molar refractivity (Wildman–Crippen MR) is 270 cm³/mol. The van der Waals surface area contributed by atoms with Gasteiger partial charge >= 0.3 is 0 Å². The van der Waals surface area contributed by atoms with E-state index in [4.69, 9.17) is 0 Å². The Hall–Kier alpha value is -7.98. The number of nitrogens with zero attached hydrogens (tertiary/aromatic N) is 2. The number of hydrogen-bond donors (Lipinski definition) is 0. The number of aromatic nitrogens is 2. The van der Waals surface area contributed by atoms with E-state index in [1.807, 2.05) is 0 Å². The lowest BCUT2D eigenvalue weighted by molar-refractivity contribution is 1.17. The van der Waals surface area contributed by atoms with E-state index in [0.717, 1.165) is 11.4 Å². The van der Waals surface area contributed by atoms with Crippen LogP contribution in [0.15, 0.2) is 255 Å². The second-order valence-corrected chi connectivity index (χ2v) is 20.2. The van der Waals surface area contributed by atoms with Crippen LogP contribution in [-0.2, 0) is 0 Å². The summed E-state index contributed by atoms with van der Waals surface area (Å²) in [6, 6.07) is 94.4. The fourth-order valence-corrected chi connectivity index (χ4v) is 15.3. The van der Waals surface area contributed by atoms with E-state index in [1.165, 1.54) is 86.6 Å². The summed E-state index contributed by atoms with van der Waals surface area (Å²) in [5.41, 5.74) is 11.9. The van der Waals surface area contributed by atoms with Crippen LogP contribution in [0.5, 0.6) is 0 Å². The van der Waals surface area contributed by atoms with Gasteiger partial charge in [0, 0.05) is 27.2 Å². The molecule has 0 bridgehead atoms. The van der Waals surface area contributed by atoms with Crippen molar-refractivity contribution < 1.29 is 0 Å². The van der Waals surface area contributed by atoms with E-state index < -0.39 is 8.07 Å². The monoisotopic (exact) mass is 818 g/mol. The van der Waals surface area contributed by atoms with Gasteiger partial charge in [0.2, 0.25) is 0 Å². The van der Waals surface area contributed by atoms with Gasteiger partial charge in [-0.3, -0.25) is 0 Å². The first-order valence-electron chi connectivity index (χ1n) is 21.8. The Labute approximate surface area is 368 Å². The summed E-state index contributed by atoms with van der Waals surface area (Å²) in [6.45, 7) is 0. The molecular formula is C60H42N2Si. The SMILES string of the molecule is c1ccc(-c2cccc(-n3c4ccccc4c4c(-n5c6cc(-c7ccccc7)ccc6c6cccc([Si](c7ccccc7)(c7ccccc7)c7ccccc7)c65)cccc43)c2)cc1. The lowest BCUT2D eigenvalue weighted by Gasteiger charge is -2.35. The van der Waals surface area contributed by atoms with Gasteiger partial charge < -0.3 is 9.13 Å². The van der Waals surface area contributed by atoms with Gasteiger partial charge in [-0.15, -0.1) is 0 Å². The van der Waals surface area contributed by atoms with Gasteiger partial charge in [0.05, 0.1) is 27.8 Å². The molecule has 0 spiro atoms. The van der Waals surface area contributed by atoms with Crippen molar-refractivity contribution in [1.82, 2.24) is 9.13 Å². The summed E-state index contributed by atoms with van der Waals surface area (Å²) < 4.78 is 5.09. The molecular weight excluding hydrogens is 777 g/mol. The maximum Gasteiger partial charge on any atom is 0.181 e. The van der Waals surface area contributed by atoms with Crippen molar-refractivity contribution in [2.24, 2.45) is 0 Å². The van der Waals surface area contributed by atoms with Crippen molar-refractivity contribution in [2.75, 3.05) is 0 Å². The fraction of sp³-hybridized carbons (Fsp3) is 0.